The lowest BCUT2D eigenvalue weighted by molar-refractivity contribution is -0.119. The van der Waals surface area contributed by atoms with Gasteiger partial charge in [0.05, 0.1) is 16.3 Å². The molecule has 1 aromatic carbocycles. The van der Waals surface area contributed by atoms with E-state index in [0.717, 1.165) is 23.2 Å². The number of imide groups is 1. The van der Waals surface area contributed by atoms with Gasteiger partial charge in [0.2, 0.25) is 0 Å². The Morgan fingerprint density at radius 2 is 1.78 bits per heavy atom. The van der Waals surface area contributed by atoms with Gasteiger partial charge in [0.15, 0.2) is 0 Å². The number of benzene rings is 1. The van der Waals surface area contributed by atoms with Crippen molar-refractivity contribution in [1.29, 1.82) is 0 Å². The van der Waals surface area contributed by atoms with Crippen molar-refractivity contribution in [2.45, 2.75) is 29.3 Å². The Bertz CT molecular complexity index is 1260. The fourth-order valence-corrected chi connectivity index (χ4v) is 4.63. The molecule has 1 saturated heterocycles. The van der Waals surface area contributed by atoms with Crippen molar-refractivity contribution in [3.8, 4) is 0 Å². The average Bonchev–Trinajstić information content (AvgIpc) is 3.33. The third-order valence-electron chi connectivity index (χ3n) is 5.61. The number of hydrogen-bond donors (Lipinski definition) is 1. The van der Waals surface area contributed by atoms with Gasteiger partial charge in [0.1, 0.15) is 11.1 Å². The summed E-state index contributed by atoms with van der Waals surface area (Å²) < 4.78 is 61.5. The lowest BCUT2D eigenvalue weighted by atomic mass is 10.1. The summed E-state index contributed by atoms with van der Waals surface area (Å²) in [6.45, 7) is 1.70. The fourth-order valence-electron chi connectivity index (χ4n) is 3.86. The second-order valence-corrected chi connectivity index (χ2v) is 9.37. The van der Waals surface area contributed by atoms with Crippen molar-refractivity contribution in [3.05, 3.63) is 48.3 Å². The van der Waals surface area contributed by atoms with E-state index in [1.54, 1.807) is 6.92 Å². The number of halogens is 3. The van der Waals surface area contributed by atoms with Gasteiger partial charge in [0.25, 0.3) is 15.7 Å². The Morgan fingerprint density at radius 1 is 1.19 bits per heavy atom. The minimum Gasteiger partial charge on any atom is -0.478 e. The number of carbonyl (C=O) groups excluding carboxylic acids is 2. The largest absolute Gasteiger partial charge is 0.501 e. The molecule has 2 aromatic rings. The van der Waals surface area contributed by atoms with Gasteiger partial charge < -0.3 is 5.11 Å². The topological polar surface area (TPSA) is 125 Å². The first-order valence-corrected chi connectivity index (χ1v) is 10.6. The molecule has 0 radical (unpaired) electrons. The van der Waals surface area contributed by atoms with E-state index in [2.05, 4.69) is 4.98 Å². The van der Waals surface area contributed by atoms with Gasteiger partial charge in [-0.05, 0) is 42.7 Å². The van der Waals surface area contributed by atoms with Crippen molar-refractivity contribution in [2.75, 3.05) is 9.80 Å². The number of rotatable bonds is 4. The van der Waals surface area contributed by atoms with Crippen LogP contribution in [0.25, 0.3) is 0 Å². The van der Waals surface area contributed by atoms with Crippen molar-refractivity contribution in [1.82, 2.24) is 4.98 Å². The smallest absolute Gasteiger partial charge is 0.478 e. The number of alkyl halides is 3. The van der Waals surface area contributed by atoms with E-state index in [9.17, 15) is 41.1 Å². The van der Waals surface area contributed by atoms with Gasteiger partial charge in [-0.2, -0.15) is 13.2 Å². The summed E-state index contributed by atoms with van der Waals surface area (Å²) in [5, 5.41) is 9.46. The summed E-state index contributed by atoms with van der Waals surface area (Å²) in [6, 6.07) is 3.52. The number of sulfone groups is 1. The Labute approximate surface area is 179 Å². The van der Waals surface area contributed by atoms with Crippen LogP contribution in [-0.4, -0.2) is 47.5 Å². The van der Waals surface area contributed by atoms with Crippen LogP contribution in [0.15, 0.2) is 47.6 Å². The SMILES string of the molecule is CC1CC12C(=O)N(c1ccc(S(=O)(=O)C(F)(F)F)cc1)C(=O)N2c1ccncc1C(=O)O. The molecule has 2 atom stereocenters. The molecule has 1 spiro atoms. The Kier molecular flexibility index (Phi) is 4.59. The number of carboxylic acids is 1. The van der Waals surface area contributed by atoms with E-state index < -0.39 is 43.7 Å². The number of pyridine rings is 1. The first kappa shape index (κ1) is 21.7. The number of urea groups is 1. The highest BCUT2D eigenvalue weighted by Gasteiger charge is 2.71. The zero-order valence-corrected chi connectivity index (χ0v) is 17.0. The number of amides is 3. The number of aromatic nitrogens is 1. The molecule has 2 unspecified atom stereocenters. The van der Waals surface area contributed by atoms with Gasteiger partial charge in [-0.25, -0.2) is 22.9 Å². The van der Waals surface area contributed by atoms with E-state index in [4.69, 9.17) is 0 Å². The summed E-state index contributed by atoms with van der Waals surface area (Å²) in [4.78, 5) is 42.6. The maximum atomic E-state index is 13.3. The quantitative estimate of drug-likeness (QED) is 0.683. The normalized spacial score (nSPS) is 23.2. The molecule has 1 saturated carbocycles. The molecule has 1 aliphatic carbocycles. The summed E-state index contributed by atoms with van der Waals surface area (Å²) in [5.74, 6) is -2.37. The summed E-state index contributed by atoms with van der Waals surface area (Å²) in [7, 11) is -5.60. The molecule has 2 aliphatic rings. The predicted molar refractivity (Wildman–Crippen MR) is 103 cm³/mol. The molecule has 2 fully saturated rings. The molecule has 32 heavy (non-hydrogen) atoms. The number of carbonyl (C=O) groups is 3. The summed E-state index contributed by atoms with van der Waals surface area (Å²) >= 11 is 0. The number of aromatic carboxylic acids is 1. The molecule has 2 heterocycles. The highest BCUT2D eigenvalue weighted by molar-refractivity contribution is 7.92. The van der Waals surface area contributed by atoms with Crippen LogP contribution in [0.4, 0.5) is 29.3 Å². The molecule has 1 aromatic heterocycles. The summed E-state index contributed by atoms with van der Waals surface area (Å²) in [6.07, 6.45) is 2.55. The third kappa shape index (κ3) is 2.87. The first-order chi connectivity index (χ1) is 14.8. The zero-order chi connectivity index (χ0) is 23.6. The maximum Gasteiger partial charge on any atom is 0.501 e. The van der Waals surface area contributed by atoms with Crippen molar-refractivity contribution in [3.63, 3.8) is 0 Å². The molecule has 4 rings (SSSR count). The second kappa shape index (κ2) is 6.76. The van der Waals surface area contributed by atoms with Gasteiger partial charge in [0, 0.05) is 12.4 Å². The van der Waals surface area contributed by atoms with Crippen LogP contribution in [0.1, 0.15) is 23.7 Å². The van der Waals surface area contributed by atoms with Crippen LogP contribution in [0.3, 0.4) is 0 Å². The van der Waals surface area contributed by atoms with Gasteiger partial charge in [-0.15, -0.1) is 0 Å². The number of anilines is 2. The molecular formula is C19H14F3N3O6S. The van der Waals surface area contributed by atoms with Gasteiger partial charge >= 0.3 is 17.5 Å². The zero-order valence-electron chi connectivity index (χ0n) is 16.2. The van der Waals surface area contributed by atoms with Crippen LogP contribution in [-0.2, 0) is 14.6 Å². The monoisotopic (exact) mass is 469 g/mol. The first-order valence-electron chi connectivity index (χ1n) is 9.11. The van der Waals surface area contributed by atoms with Crippen LogP contribution in [0.2, 0.25) is 0 Å². The Hall–Kier alpha value is -3.48. The Balaban J connectivity index is 1.78. The minimum atomic E-state index is -5.60. The third-order valence-corrected chi connectivity index (χ3v) is 7.11. The van der Waals surface area contributed by atoms with E-state index in [1.807, 2.05) is 0 Å². The lowest BCUT2D eigenvalue weighted by Crippen LogP contribution is -2.39. The molecule has 9 nitrogen and oxygen atoms in total. The van der Waals surface area contributed by atoms with E-state index in [0.29, 0.717) is 17.0 Å². The van der Waals surface area contributed by atoms with E-state index in [1.165, 1.54) is 12.3 Å². The maximum absolute atomic E-state index is 13.3. The molecular weight excluding hydrogens is 455 g/mol. The molecule has 0 bridgehead atoms. The standard InChI is InChI=1S/C19H14F3N3O6S/c1-10-8-18(10)16(28)24(11-2-4-12(5-3-11)32(30,31)19(20,21)22)17(29)25(18)14-6-7-23-9-13(14)15(26)27/h2-7,9-10H,8H2,1H3,(H,26,27). The highest BCUT2D eigenvalue weighted by atomic mass is 32.2. The van der Waals surface area contributed by atoms with Crippen LogP contribution >= 0.6 is 0 Å². The lowest BCUT2D eigenvalue weighted by Gasteiger charge is -2.23. The molecule has 1 N–H and O–H groups in total. The number of carboxylic acid groups (broad SMARTS) is 1. The molecule has 13 heteroatoms. The minimum absolute atomic E-state index is 0.0473. The van der Waals surface area contributed by atoms with Crippen molar-refractivity contribution < 1.29 is 41.1 Å². The number of hydrogen-bond acceptors (Lipinski definition) is 6. The molecule has 168 valence electrons. The average molecular weight is 469 g/mol. The van der Waals surface area contributed by atoms with E-state index in [-0.39, 0.29) is 29.3 Å². The molecule has 3 amide bonds. The van der Waals surface area contributed by atoms with Crippen LogP contribution in [0.5, 0.6) is 0 Å². The Morgan fingerprint density at radius 3 is 2.28 bits per heavy atom. The van der Waals surface area contributed by atoms with Crippen LogP contribution in [0, 0.1) is 5.92 Å². The van der Waals surface area contributed by atoms with Gasteiger partial charge in [-0.1, -0.05) is 6.92 Å². The summed E-state index contributed by atoms with van der Waals surface area (Å²) in [5.41, 5.74) is -7.35. The number of nitrogens with zero attached hydrogens (tertiary/aromatic N) is 3. The van der Waals surface area contributed by atoms with E-state index >= 15 is 0 Å². The van der Waals surface area contributed by atoms with Crippen molar-refractivity contribution in [2.24, 2.45) is 5.92 Å². The van der Waals surface area contributed by atoms with Gasteiger partial charge in [-0.3, -0.25) is 14.7 Å². The highest BCUT2D eigenvalue weighted by Crippen LogP contribution is 2.55. The van der Waals surface area contributed by atoms with Crippen LogP contribution < -0.4 is 9.80 Å². The fraction of sp³-hybridized carbons (Fsp3) is 0.263. The molecule has 1 aliphatic heterocycles. The van der Waals surface area contributed by atoms with Crippen molar-refractivity contribution >= 4 is 39.1 Å². The second-order valence-electron chi connectivity index (χ2n) is 7.43. The predicted octanol–water partition coefficient (Wildman–Crippen LogP) is 2.83.